The molecule has 1 N–H and O–H groups in total. The smallest absolute Gasteiger partial charge is 0.246 e. The van der Waals surface area contributed by atoms with Crippen LogP contribution in [-0.2, 0) is 9.59 Å². The van der Waals surface area contributed by atoms with Crippen LogP contribution in [0.5, 0.6) is 0 Å². The Balaban J connectivity index is 1.34. The van der Waals surface area contributed by atoms with Crippen molar-refractivity contribution in [2.75, 3.05) is 18.4 Å². The predicted molar refractivity (Wildman–Crippen MR) is 110 cm³/mol. The number of likely N-dealkylation sites (tertiary alicyclic amines) is 1. The number of carbonyl (C=O) groups is 2. The van der Waals surface area contributed by atoms with Gasteiger partial charge in [0.15, 0.2) is 5.82 Å². The lowest BCUT2D eigenvalue weighted by molar-refractivity contribution is -0.130. The second-order valence-corrected chi connectivity index (χ2v) is 7.17. The molecular weight excluding hydrogens is 368 g/mol. The van der Waals surface area contributed by atoms with E-state index < -0.39 is 0 Å². The number of rotatable bonds is 4. The van der Waals surface area contributed by atoms with Gasteiger partial charge in [0.1, 0.15) is 5.76 Å². The molecule has 1 saturated heterocycles. The lowest BCUT2D eigenvalue weighted by Gasteiger charge is -2.30. The summed E-state index contributed by atoms with van der Waals surface area (Å²) in [6.45, 7) is 2.87. The molecule has 0 bridgehead atoms. The van der Waals surface area contributed by atoms with Crippen molar-refractivity contribution in [2.45, 2.75) is 19.8 Å². The van der Waals surface area contributed by atoms with E-state index in [0.29, 0.717) is 37.5 Å². The maximum Gasteiger partial charge on any atom is 0.246 e. The summed E-state index contributed by atoms with van der Waals surface area (Å²) in [4.78, 5) is 31.1. The van der Waals surface area contributed by atoms with E-state index in [2.05, 4.69) is 15.5 Å². The predicted octanol–water partition coefficient (Wildman–Crippen LogP) is 3.42. The molecule has 1 aliphatic rings. The van der Waals surface area contributed by atoms with Crippen LogP contribution in [-0.4, -0.2) is 39.9 Å². The van der Waals surface area contributed by atoms with Gasteiger partial charge in [0.25, 0.3) is 0 Å². The molecule has 0 spiro atoms. The van der Waals surface area contributed by atoms with Crippen molar-refractivity contribution in [3.63, 3.8) is 0 Å². The lowest BCUT2D eigenvalue weighted by Crippen LogP contribution is -2.40. The van der Waals surface area contributed by atoms with Gasteiger partial charge in [-0.1, -0.05) is 29.4 Å². The third kappa shape index (κ3) is 4.34. The lowest BCUT2D eigenvalue weighted by atomic mass is 9.96. The van der Waals surface area contributed by atoms with E-state index in [1.807, 2.05) is 36.4 Å². The number of hydrogen-bond donors (Lipinski definition) is 1. The Kier molecular flexibility index (Phi) is 5.37. The molecule has 1 aliphatic heterocycles. The number of amides is 2. The molecule has 29 heavy (non-hydrogen) atoms. The van der Waals surface area contributed by atoms with Gasteiger partial charge in [0.05, 0.1) is 5.52 Å². The number of piperidine rings is 1. The average Bonchev–Trinajstić information content (AvgIpc) is 3.16. The number of fused-ring (bicyclic) bond motifs is 1. The largest absolute Gasteiger partial charge is 0.360 e. The van der Waals surface area contributed by atoms with E-state index in [1.165, 1.54) is 0 Å². The zero-order valence-corrected chi connectivity index (χ0v) is 16.2. The van der Waals surface area contributed by atoms with Crippen LogP contribution < -0.4 is 5.32 Å². The van der Waals surface area contributed by atoms with Crippen LogP contribution in [0.2, 0.25) is 0 Å². The van der Waals surface area contributed by atoms with Crippen molar-refractivity contribution < 1.29 is 14.1 Å². The Labute approximate surface area is 168 Å². The molecular formula is C22H22N4O3. The SMILES string of the molecule is Cc1cc(NC(=O)C2CCN(C(=O)/C=C/c3cccc4cccnc34)CC2)no1. The van der Waals surface area contributed by atoms with Gasteiger partial charge < -0.3 is 14.7 Å². The van der Waals surface area contributed by atoms with Crippen molar-refractivity contribution in [1.82, 2.24) is 15.0 Å². The second kappa shape index (κ2) is 8.26. The van der Waals surface area contributed by atoms with Gasteiger partial charge in [-0.15, -0.1) is 0 Å². The summed E-state index contributed by atoms with van der Waals surface area (Å²) in [5, 5.41) is 7.59. The highest BCUT2D eigenvalue weighted by molar-refractivity contribution is 5.96. The molecule has 0 atom stereocenters. The number of nitrogens with zero attached hydrogens (tertiary/aromatic N) is 3. The first-order valence-electron chi connectivity index (χ1n) is 9.65. The molecule has 0 aliphatic carbocycles. The molecule has 2 aromatic heterocycles. The van der Waals surface area contributed by atoms with E-state index >= 15 is 0 Å². The molecule has 0 radical (unpaired) electrons. The summed E-state index contributed by atoms with van der Waals surface area (Å²) < 4.78 is 4.96. The summed E-state index contributed by atoms with van der Waals surface area (Å²) in [5.74, 6) is 0.806. The van der Waals surface area contributed by atoms with Gasteiger partial charge in [-0.25, -0.2) is 0 Å². The number of carbonyl (C=O) groups excluding carboxylic acids is 2. The fourth-order valence-corrected chi connectivity index (χ4v) is 3.54. The topological polar surface area (TPSA) is 88.3 Å². The van der Waals surface area contributed by atoms with Gasteiger partial charge in [0, 0.05) is 48.3 Å². The minimum Gasteiger partial charge on any atom is -0.360 e. The Bertz CT molecular complexity index is 1060. The number of hydrogen-bond acceptors (Lipinski definition) is 5. The standard InChI is InChI=1S/C22H22N4O3/c1-15-14-19(25-29-15)24-22(28)18-9-12-26(13-10-18)20(27)8-7-17-5-2-4-16-6-3-11-23-21(16)17/h2-8,11,14,18H,9-10,12-13H2,1H3,(H,24,25,28)/b8-7+. The van der Waals surface area contributed by atoms with Crippen LogP contribution in [0.1, 0.15) is 24.2 Å². The third-order valence-corrected chi connectivity index (χ3v) is 5.13. The quantitative estimate of drug-likeness (QED) is 0.690. The maximum atomic E-state index is 12.6. The first-order valence-corrected chi connectivity index (χ1v) is 9.65. The molecule has 1 aromatic carbocycles. The first kappa shape index (κ1) is 18.9. The Hall–Kier alpha value is -3.48. The molecule has 3 aromatic rings. The number of pyridine rings is 1. The Morgan fingerprint density at radius 3 is 2.76 bits per heavy atom. The molecule has 7 heteroatoms. The summed E-state index contributed by atoms with van der Waals surface area (Å²) in [5.41, 5.74) is 1.78. The molecule has 0 saturated carbocycles. The molecule has 2 amide bonds. The van der Waals surface area contributed by atoms with Crippen molar-refractivity contribution in [2.24, 2.45) is 5.92 Å². The van der Waals surface area contributed by atoms with Crippen molar-refractivity contribution in [3.05, 3.63) is 60.0 Å². The van der Waals surface area contributed by atoms with E-state index in [0.717, 1.165) is 16.5 Å². The molecule has 3 heterocycles. The first-order chi connectivity index (χ1) is 14.1. The van der Waals surface area contributed by atoms with Crippen LogP contribution in [0, 0.1) is 12.8 Å². The number of nitrogens with one attached hydrogen (secondary N) is 1. The summed E-state index contributed by atoms with van der Waals surface area (Å²) in [6.07, 6.45) is 6.39. The van der Waals surface area contributed by atoms with E-state index in [1.54, 1.807) is 30.2 Å². The highest BCUT2D eigenvalue weighted by Crippen LogP contribution is 2.21. The van der Waals surface area contributed by atoms with Crippen LogP contribution in [0.25, 0.3) is 17.0 Å². The minimum absolute atomic E-state index is 0.0519. The van der Waals surface area contributed by atoms with Gasteiger partial charge >= 0.3 is 0 Å². The van der Waals surface area contributed by atoms with Gasteiger partial charge in [0.2, 0.25) is 11.8 Å². The molecule has 0 unspecified atom stereocenters. The fourth-order valence-electron chi connectivity index (χ4n) is 3.54. The van der Waals surface area contributed by atoms with E-state index in [9.17, 15) is 9.59 Å². The summed E-state index contributed by atoms with van der Waals surface area (Å²) in [6, 6.07) is 11.5. The van der Waals surface area contributed by atoms with Gasteiger partial charge in [-0.2, -0.15) is 0 Å². The minimum atomic E-state index is -0.137. The van der Waals surface area contributed by atoms with Crippen LogP contribution in [0.4, 0.5) is 5.82 Å². The number of aryl methyl sites for hydroxylation is 1. The monoisotopic (exact) mass is 390 g/mol. The maximum absolute atomic E-state index is 12.6. The number of benzene rings is 1. The van der Waals surface area contributed by atoms with Crippen molar-refractivity contribution in [1.29, 1.82) is 0 Å². The zero-order chi connectivity index (χ0) is 20.2. The number of para-hydroxylation sites is 1. The third-order valence-electron chi connectivity index (χ3n) is 5.13. The molecule has 1 fully saturated rings. The van der Waals surface area contributed by atoms with Crippen LogP contribution >= 0.6 is 0 Å². The number of aromatic nitrogens is 2. The van der Waals surface area contributed by atoms with Crippen molar-refractivity contribution in [3.8, 4) is 0 Å². The molecule has 4 rings (SSSR count). The average molecular weight is 390 g/mol. The van der Waals surface area contributed by atoms with Crippen LogP contribution in [0.15, 0.2) is 53.2 Å². The second-order valence-electron chi connectivity index (χ2n) is 7.17. The summed E-state index contributed by atoms with van der Waals surface area (Å²) >= 11 is 0. The zero-order valence-electron chi connectivity index (χ0n) is 16.2. The highest BCUT2D eigenvalue weighted by atomic mass is 16.5. The highest BCUT2D eigenvalue weighted by Gasteiger charge is 2.27. The fraction of sp³-hybridized carbons (Fsp3) is 0.273. The van der Waals surface area contributed by atoms with Gasteiger partial charge in [-0.05, 0) is 31.9 Å². The van der Waals surface area contributed by atoms with E-state index in [-0.39, 0.29) is 17.7 Å². The van der Waals surface area contributed by atoms with E-state index in [4.69, 9.17) is 4.52 Å². The van der Waals surface area contributed by atoms with Gasteiger partial charge in [-0.3, -0.25) is 14.6 Å². The normalized spacial score (nSPS) is 15.1. The number of anilines is 1. The van der Waals surface area contributed by atoms with Crippen LogP contribution in [0.3, 0.4) is 0 Å². The summed E-state index contributed by atoms with van der Waals surface area (Å²) in [7, 11) is 0. The molecule has 148 valence electrons. The van der Waals surface area contributed by atoms with Crippen molar-refractivity contribution >= 4 is 34.6 Å². The Morgan fingerprint density at radius 2 is 2.00 bits per heavy atom. The molecule has 7 nitrogen and oxygen atoms in total. The Morgan fingerprint density at radius 1 is 1.21 bits per heavy atom.